The van der Waals surface area contributed by atoms with Crippen LogP contribution in [-0.2, 0) is 19.5 Å². The van der Waals surface area contributed by atoms with Gasteiger partial charge in [-0.05, 0) is 42.5 Å². The number of hydrogen-bond acceptors (Lipinski definition) is 4. The van der Waals surface area contributed by atoms with E-state index in [1.165, 1.54) is 22.3 Å². The van der Waals surface area contributed by atoms with Crippen LogP contribution in [-0.4, -0.2) is 16.5 Å². The molecule has 4 heteroatoms. The first-order valence-electron chi connectivity index (χ1n) is 9.15. The average molecular weight is 344 g/mol. The van der Waals surface area contributed by atoms with Gasteiger partial charge < -0.3 is 10.2 Å². The number of nitrogens with zero attached hydrogens (tertiary/aromatic N) is 3. The van der Waals surface area contributed by atoms with E-state index in [9.17, 15) is 0 Å². The maximum atomic E-state index is 4.78. The monoisotopic (exact) mass is 344 g/mol. The molecule has 0 radical (unpaired) electrons. The summed E-state index contributed by atoms with van der Waals surface area (Å²) in [5.74, 6) is 1.70. The van der Waals surface area contributed by atoms with E-state index < -0.39 is 0 Å². The minimum absolute atomic E-state index is 0.696. The van der Waals surface area contributed by atoms with Crippen LogP contribution in [0.4, 0.5) is 11.8 Å². The number of benzene rings is 2. The highest BCUT2D eigenvalue weighted by molar-refractivity contribution is 5.48. The van der Waals surface area contributed by atoms with Crippen LogP contribution in [0.2, 0.25) is 0 Å². The highest BCUT2D eigenvalue weighted by atomic mass is 15.2. The van der Waals surface area contributed by atoms with Crippen LogP contribution in [0.25, 0.3) is 0 Å². The van der Waals surface area contributed by atoms with Crippen molar-refractivity contribution in [2.75, 3.05) is 16.8 Å². The van der Waals surface area contributed by atoms with Gasteiger partial charge in [-0.15, -0.1) is 0 Å². The topological polar surface area (TPSA) is 41.1 Å². The molecule has 0 saturated heterocycles. The van der Waals surface area contributed by atoms with E-state index in [2.05, 4.69) is 76.7 Å². The summed E-state index contributed by atoms with van der Waals surface area (Å²) < 4.78 is 0. The molecule has 2 aromatic carbocycles. The molecule has 0 fully saturated rings. The van der Waals surface area contributed by atoms with Crippen molar-refractivity contribution in [3.63, 3.8) is 0 Å². The zero-order chi connectivity index (χ0) is 17.9. The standard InChI is InChI=1S/C22H24N4/c1-16-7-3-4-9-19(16)14-23-22-24-17(2)13-21(25-22)26-12-11-18-8-5-6-10-20(18)15-26/h3-10,13H,11-12,14-15H2,1-2H3,(H,23,24,25). The summed E-state index contributed by atoms with van der Waals surface area (Å²) in [6.45, 7) is 6.79. The maximum Gasteiger partial charge on any atom is 0.225 e. The number of aryl methyl sites for hydroxylation is 2. The van der Waals surface area contributed by atoms with Crippen LogP contribution < -0.4 is 10.2 Å². The quantitative estimate of drug-likeness (QED) is 0.767. The van der Waals surface area contributed by atoms with Crippen LogP contribution in [0.3, 0.4) is 0 Å². The Balaban J connectivity index is 1.52. The van der Waals surface area contributed by atoms with E-state index in [0.717, 1.165) is 37.6 Å². The molecule has 1 N–H and O–H groups in total. The Morgan fingerprint density at radius 3 is 2.58 bits per heavy atom. The molecule has 1 aliphatic heterocycles. The fourth-order valence-electron chi connectivity index (χ4n) is 3.47. The highest BCUT2D eigenvalue weighted by Gasteiger charge is 2.18. The summed E-state index contributed by atoms with van der Waals surface area (Å²) in [5.41, 5.74) is 6.38. The van der Waals surface area contributed by atoms with Crippen molar-refractivity contribution in [2.45, 2.75) is 33.4 Å². The predicted octanol–water partition coefficient (Wildman–Crippen LogP) is 4.27. The van der Waals surface area contributed by atoms with Crippen molar-refractivity contribution in [3.05, 3.63) is 82.5 Å². The van der Waals surface area contributed by atoms with Crippen LogP contribution in [0.1, 0.15) is 27.9 Å². The molecular weight excluding hydrogens is 320 g/mol. The molecule has 2 heterocycles. The summed E-state index contributed by atoms with van der Waals surface area (Å²) in [5, 5.41) is 3.39. The van der Waals surface area contributed by atoms with Crippen LogP contribution in [0.15, 0.2) is 54.6 Å². The molecule has 0 saturated carbocycles. The van der Waals surface area contributed by atoms with Crippen molar-refractivity contribution >= 4 is 11.8 Å². The third-order valence-electron chi connectivity index (χ3n) is 4.99. The second-order valence-corrected chi connectivity index (χ2v) is 6.91. The highest BCUT2D eigenvalue weighted by Crippen LogP contribution is 2.24. The summed E-state index contributed by atoms with van der Waals surface area (Å²) in [7, 11) is 0. The lowest BCUT2D eigenvalue weighted by Crippen LogP contribution is -2.31. The van der Waals surface area contributed by atoms with Gasteiger partial charge in [-0.2, -0.15) is 4.98 Å². The van der Waals surface area contributed by atoms with Crippen LogP contribution in [0.5, 0.6) is 0 Å². The zero-order valence-electron chi connectivity index (χ0n) is 15.4. The lowest BCUT2D eigenvalue weighted by Gasteiger charge is -2.30. The molecule has 0 spiro atoms. The molecule has 4 rings (SSSR count). The molecule has 1 aliphatic rings. The Bertz CT molecular complexity index is 920. The van der Waals surface area contributed by atoms with Gasteiger partial charge in [0.1, 0.15) is 5.82 Å². The van der Waals surface area contributed by atoms with E-state index in [1.807, 2.05) is 6.92 Å². The lowest BCUT2D eigenvalue weighted by atomic mass is 10.00. The Morgan fingerprint density at radius 1 is 0.962 bits per heavy atom. The van der Waals surface area contributed by atoms with Gasteiger partial charge in [-0.3, -0.25) is 0 Å². The first kappa shape index (κ1) is 16.6. The number of fused-ring (bicyclic) bond motifs is 1. The molecule has 1 aromatic heterocycles. The van der Waals surface area contributed by atoms with Gasteiger partial charge in [-0.1, -0.05) is 48.5 Å². The smallest absolute Gasteiger partial charge is 0.225 e. The minimum atomic E-state index is 0.696. The fourth-order valence-corrected chi connectivity index (χ4v) is 3.47. The van der Waals surface area contributed by atoms with Gasteiger partial charge in [-0.25, -0.2) is 4.98 Å². The van der Waals surface area contributed by atoms with Crippen molar-refractivity contribution in [3.8, 4) is 0 Å². The third-order valence-corrected chi connectivity index (χ3v) is 4.99. The van der Waals surface area contributed by atoms with Gasteiger partial charge in [0, 0.05) is 31.4 Å². The van der Waals surface area contributed by atoms with Gasteiger partial charge in [0.05, 0.1) is 0 Å². The van der Waals surface area contributed by atoms with Crippen molar-refractivity contribution < 1.29 is 0 Å². The molecule has 132 valence electrons. The van der Waals surface area contributed by atoms with Gasteiger partial charge >= 0.3 is 0 Å². The fraction of sp³-hybridized carbons (Fsp3) is 0.273. The Morgan fingerprint density at radius 2 is 1.73 bits per heavy atom. The molecule has 0 amide bonds. The molecule has 0 unspecified atom stereocenters. The van der Waals surface area contributed by atoms with Crippen LogP contribution >= 0.6 is 0 Å². The van der Waals surface area contributed by atoms with Crippen molar-refractivity contribution in [1.29, 1.82) is 0 Å². The van der Waals surface area contributed by atoms with Gasteiger partial charge in [0.15, 0.2) is 0 Å². The average Bonchev–Trinajstić information content (AvgIpc) is 2.66. The first-order valence-corrected chi connectivity index (χ1v) is 9.15. The van der Waals surface area contributed by atoms with Crippen molar-refractivity contribution in [1.82, 2.24) is 9.97 Å². The minimum Gasteiger partial charge on any atom is -0.352 e. The Kier molecular flexibility index (Phi) is 4.57. The normalized spacial score (nSPS) is 13.4. The summed E-state index contributed by atoms with van der Waals surface area (Å²) in [4.78, 5) is 11.7. The molecule has 26 heavy (non-hydrogen) atoms. The summed E-state index contributed by atoms with van der Waals surface area (Å²) in [6, 6.07) is 19.2. The van der Waals surface area contributed by atoms with E-state index in [0.29, 0.717) is 5.95 Å². The molecule has 0 aliphatic carbocycles. The molecule has 4 nitrogen and oxygen atoms in total. The van der Waals surface area contributed by atoms with Crippen molar-refractivity contribution in [2.24, 2.45) is 0 Å². The number of hydrogen-bond donors (Lipinski definition) is 1. The Labute approximate surface area is 154 Å². The number of anilines is 2. The summed E-state index contributed by atoms with van der Waals surface area (Å²) in [6.07, 6.45) is 1.06. The zero-order valence-corrected chi connectivity index (χ0v) is 15.4. The van der Waals surface area contributed by atoms with E-state index in [-0.39, 0.29) is 0 Å². The summed E-state index contributed by atoms with van der Waals surface area (Å²) >= 11 is 0. The van der Waals surface area contributed by atoms with Gasteiger partial charge in [0.25, 0.3) is 0 Å². The van der Waals surface area contributed by atoms with E-state index in [4.69, 9.17) is 4.98 Å². The molecule has 0 bridgehead atoms. The number of nitrogens with one attached hydrogen (secondary N) is 1. The third kappa shape index (κ3) is 3.54. The molecule has 3 aromatic rings. The second kappa shape index (κ2) is 7.16. The number of aromatic nitrogens is 2. The maximum absolute atomic E-state index is 4.78. The number of rotatable bonds is 4. The second-order valence-electron chi connectivity index (χ2n) is 6.91. The van der Waals surface area contributed by atoms with Crippen LogP contribution in [0, 0.1) is 13.8 Å². The Hall–Kier alpha value is -2.88. The first-order chi connectivity index (χ1) is 12.7. The SMILES string of the molecule is Cc1cc(N2CCc3ccccc3C2)nc(NCc2ccccc2C)n1. The molecular formula is C22H24N4. The van der Waals surface area contributed by atoms with E-state index >= 15 is 0 Å². The van der Waals surface area contributed by atoms with E-state index in [1.54, 1.807) is 0 Å². The van der Waals surface area contributed by atoms with Gasteiger partial charge in [0.2, 0.25) is 5.95 Å². The predicted molar refractivity (Wildman–Crippen MR) is 106 cm³/mol. The molecule has 0 atom stereocenters. The largest absolute Gasteiger partial charge is 0.352 e. The lowest BCUT2D eigenvalue weighted by molar-refractivity contribution is 0.718.